The Balaban J connectivity index is 0.000000228. The molecule has 14 atom stereocenters. The summed E-state index contributed by atoms with van der Waals surface area (Å²) < 4.78 is 177. The quantitative estimate of drug-likeness (QED) is 0.0419. The van der Waals surface area contributed by atoms with E-state index in [1.807, 2.05) is 52.0 Å². The molecule has 2 N–H and O–H groups in total. The monoisotopic (exact) mass is 1670 g/mol. The molecule has 0 radical (unpaired) electrons. The Hall–Kier alpha value is -8.42. The number of ether oxygens (including phenoxy) is 6. The predicted octanol–water partition coefficient (Wildman–Crippen LogP) is 13.4. The van der Waals surface area contributed by atoms with Crippen LogP contribution in [0.1, 0.15) is 198 Å². The molecule has 4 aliphatic carbocycles. The fraction of sp³-hybridized carbons (Fsp3) is 0.643. The van der Waals surface area contributed by atoms with Gasteiger partial charge in [0.1, 0.15) is 35.3 Å². The first-order chi connectivity index (χ1) is 54.4. The number of sulfonamides is 2. The van der Waals surface area contributed by atoms with Crippen LogP contribution in [0, 0.1) is 69.8 Å². The molecular formula is C84H108F6N6O18S2. The number of hydrogen-bond acceptors (Lipinski definition) is 20. The van der Waals surface area contributed by atoms with Crippen LogP contribution >= 0.6 is 0 Å². The molecule has 24 nitrogen and oxygen atoms in total. The van der Waals surface area contributed by atoms with Crippen LogP contribution in [0.15, 0.2) is 73.1 Å². The molecule has 4 saturated carbocycles. The van der Waals surface area contributed by atoms with E-state index in [1.54, 1.807) is 0 Å². The van der Waals surface area contributed by atoms with Crippen LogP contribution in [-0.2, 0) is 67.9 Å². The lowest BCUT2D eigenvalue weighted by Gasteiger charge is -2.35. The van der Waals surface area contributed by atoms with E-state index in [0.29, 0.717) is 113 Å². The minimum atomic E-state index is -3.94. The second-order valence-electron chi connectivity index (χ2n) is 34.6. The maximum atomic E-state index is 15.0. The molecule has 116 heavy (non-hydrogen) atoms. The van der Waals surface area contributed by atoms with Gasteiger partial charge in [0, 0.05) is 50.3 Å². The number of pyridine rings is 2. The van der Waals surface area contributed by atoms with Gasteiger partial charge in [-0.1, -0.05) is 64.8 Å². The summed E-state index contributed by atoms with van der Waals surface area (Å²) in [7, 11) is -4.99. The Kier molecular flexibility index (Phi) is 26.3. The highest BCUT2D eigenvalue weighted by atomic mass is 32.2. The zero-order valence-electron chi connectivity index (χ0n) is 67.8. The number of hydrogen-bond donors (Lipinski definition) is 2. The molecule has 2 aromatic carbocycles. The van der Waals surface area contributed by atoms with E-state index in [1.165, 1.54) is 72.8 Å². The zero-order valence-corrected chi connectivity index (χ0v) is 69.4. The van der Waals surface area contributed by atoms with E-state index in [2.05, 4.69) is 19.4 Å². The summed E-state index contributed by atoms with van der Waals surface area (Å²) in [4.78, 5) is 125. The van der Waals surface area contributed by atoms with Crippen molar-refractivity contribution < 1.29 is 110 Å². The summed E-state index contributed by atoms with van der Waals surface area (Å²) in [6.45, 7) is 13.2. The van der Waals surface area contributed by atoms with Gasteiger partial charge in [0.2, 0.25) is 55.4 Å². The fourth-order valence-electron chi connectivity index (χ4n) is 16.8. The summed E-state index contributed by atoms with van der Waals surface area (Å²) >= 11 is 0. The van der Waals surface area contributed by atoms with Crippen molar-refractivity contribution in [1.82, 2.24) is 29.2 Å². The van der Waals surface area contributed by atoms with Gasteiger partial charge in [-0.3, -0.25) is 47.8 Å². The molecule has 4 aromatic rings. The van der Waals surface area contributed by atoms with Gasteiger partial charge in [-0.2, -0.15) is 0 Å². The number of fused-ring (bicyclic) bond motifs is 6. The van der Waals surface area contributed by atoms with Gasteiger partial charge in [0.25, 0.3) is 11.8 Å². The molecule has 2 saturated heterocycles. The molecule has 6 heterocycles. The van der Waals surface area contributed by atoms with Crippen LogP contribution in [0.3, 0.4) is 0 Å². The fourth-order valence-corrected chi connectivity index (χ4v) is 19.6. The number of allylic oxidation sites excluding steroid dienone is 4. The molecule has 0 unspecified atom stereocenters. The van der Waals surface area contributed by atoms with Crippen LogP contribution in [-0.4, -0.2) is 169 Å². The highest BCUT2D eigenvalue weighted by Gasteiger charge is 2.64. The summed E-state index contributed by atoms with van der Waals surface area (Å²) in [5.41, 5.74) is -7.08. The van der Waals surface area contributed by atoms with E-state index >= 15 is 9.59 Å². The molecule has 636 valence electrons. The number of aromatic nitrogens is 2. The van der Waals surface area contributed by atoms with Crippen molar-refractivity contribution >= 4 is 88.7 Å². The van der Waals surface area contributed by atoms with Gasteiger partial charge in [0.05, 0.1) is 109 Å². The minimum Gasteiger partial charge on any atom is -0.494 e. The number of amides is 4. The first-order valence-electron chi connectivity index (χ1n) is 40.3. The summed E-state index contributed by atoms with van der Waals surface area (Å²) in [6, 6.07) is 5.68. The zero-order chi connectivity index (χ0) is 84.7. The van der Waals surface area contributed by atoms with Crippen molar-refractivity contribution in [3.8, 4) is 23.3 Å². The summed E-state index contributed by atoms with van der Waals surface area (Å²) in [5.74, 6) is -16.4. The highest BCUT2D eigenvalue weighted by Crippen LogP contribution is 2.59. The number of benzene rings is 2. The summed E-state index contributed by atoms with van der Waals surface area (Å²) in [6.07, 6.45) is 13.5. The normalized spacial score (nSPS) is 29.1. The topological polar surface area (TPSA) is 317 Å². The second-order valence-corrected chi connectivity index (χ2v) is 38.5. The van der Waals surface area contributed by atoms with E-state index in [4.69, 9.17) is 28.4 Å². The molecular weight excluding hydrogens is 1560 g/mol. The van der Waals surface area contributed by atoms with Gasteiger partial charge in [0.15, 0.2) is 22.8 Å². The van der Waals surface area contributed by atoms with Crippen molar-refractivity contribution in [3.63, 3.8) is 0 Å². The SMILES string of the molecule is CC[C@@H]1C[C@@H](C)CC/C=C\[C@@H]2C[C@@]2(C(=O)NS(=O)(=O)C2CC2)CC(=O)[C@@H]2C[C@@H](Oc3ncc(OC)c4ccc(F)cc34)CN2C(=O)[C@H]1CC(=O)OC(C)(C)C(C)(F)F.CC[C@@H]1C[C@H](C)CC/C=C\[C@@H]2C[C@@]2(C(=O)NS(=O)(=O)C2CC2)CC(=O)[C@@H]2C[C@@H](Oc3ncc(OC)c4ccc(F)cc34)CN2C(=O)[C@H]1CC(=O)OC(C)(C)C(C)(F)F. The van der Waals surface area contributed by atoms with Crippen molar-refractivity contribution in [1.29, 1.82) is 0 Å². The van der Waals surface area contributed by atoms with Gasteiger partial charge in [-0.15, -0.1) is 0 Å². The Morgan fingerprint density at radius 3 is 1.23 bits per heavy atom. The maximum absolute atomic E-state index is 15.0. The number of methoxy groups -OCH3 is 2. The number of ketones is 2. The van der Waals surface area contributed by atoms with Crippen molar-refractivity contribution in [3.05, 3.63) is 84.7 Å². The number of rotatable bonds is 22. The lowest BCUT2D eigenvalue weighted by atomic mass is 9.79. The maximum Gasteiger partial charge on any atom is 0.307 e. The third-order valence-electron chi connectivity index (χ3n) is 25.2. The third-order valence-corrected chi connectivity index (χ3v) is 28.8. The minimum absolute atomic E-state index is 0.0274. The summed E-state index contributed by atoms with van der Waals surface area (Å²) in [5, 5.41) is 0.266. The lowest BCUT2D eigenvalue weighted by Crippen LogP contribution is -2.48. The highest BCUT2D eigenvalue weighted by molar-refractivity contribution is 7.91. The molecule has 12 rings (SSSR count). The molecule has 6 fully saturated rings. The Morgan fingerprint density at radius 2 is 0.905 bits per heavy atom. The van der Waals surface area contributed by atoms with Crippen molar-refractivity contribution in [2.75, 3.05) is 27.3 Å². The van der Waals surface area contributed by atoms with Gasteiger partial charge in [-0.25, -0.2) is 53.1 Å². The van der Waals surface area contributed by atoms with Crippen LogP contribution in [0.4, 0.5) is 26.3 Å². The number of nitrogens with one attached hydrogen (secondary N) is 2. The van der Waals surface area contributed by atoms with E-state index < -0.39 is 196 Å². The van der Waals surface area contributed by atoms with Crippen molar-refractivity contribution in [2.45, 2.75) is 255 Å². The standard InChI is InChI=1S/2C42H54F3N3O9S/c2*1-7-25-16-24(2)10-8-9-11-26-20-42(26,39(52)47-58(53,54)29-13-14-29)21-34(49)33-18-28(56-37-32-17-27(43)12-15-30(32)35(55-6)22-46-37)23-48(33)38(51)31(25)19-36(50)57-40(3,4)41(5,44)45/h2*9,11-12,15,17,22,24-26,28-29,31,33H,7-8,10,13-14,16,18-21,23H2,1-6H3,(H,47,52)/b2*11-9-/t24-,25+,26+,28+,31-,33-,42+;24-,25-,26-,28-,31+,33+,42-/m01/s1. The van der Waals surface area contributed by atoms with Crippen molar-refractivity contribution in [2.24, 2.45) is 58.2 Å². The Morgan fingerprint density at radius 1 is 0.543 bits per heavy atom. The second kappa shape index (κ2) is 34.5. The van der Waals surface area contributed by atoms with Gasteiger partial charge in [-0.05, 0) is 177 Å². The molecule has 4 amide bonds. The average molecular weight is 1670 g/mol. The van der Waals surface area contributed by atoms with Crippen LogP contribution in [0.2, 0.25) is 0 Å². The largest absolute Gasteiger partial charge is 0.494 e. The van der Waals surface area contributed by atoms with Gasteiger partial charge < -0.3 is 38.2 Å². The van der Waals surface area contributed by atoms with E-state index in [9.17, 15) is 71.9 Å². The number of nitrogens with zero attached hydrogens (tertiary/aromatic N) is 4. The molecule has 0 spiro atoms. The molecule has 0 bridgehead atoms. The predicted molar refractivity (Wildman–Crippen MR) is 416 cm³/mol. The molecule has 32 heteroatoms. The van der Waals surface area contributed by atoms with E-state index in [-0.39, 0.29) is 86.0 Å². The number of alkyl halides is 4. The number of esters is 2. The average Bonchev–Trinajstić information content (AvgIpc) is 1.57. The van der Waals surface area contributed by atoms with Crippen LogP contribution in [0.25, 0.3) is 21.5 Å². The van der Waals surface area contributed by atoms with E-state index in [0.717, 1.165) is 27.7 Å². The first kappa shape index (κ1) is 88.4. The Labute approximate surface area is 673 Å². The number of carbonyl (C=O) groups excluding carboxylic acids is 8. The Bertz CT molecular complexity index is 4430. The number of carbonyl (C=O) groups is 8. The van der Waals surface area contributed by atoms with Gasteiger partial charge >= 0.3 is 11.9 Å². The van der Waals surface area contributed by atoms with Crippen LogP contribution < -0.4 is 28.4 Å². The molecule has 2 aromatic heterocycles. The lowest BCUT2D eigenvalue weighted by molar-refractivity contribution is -0.197. The first-order valence-corrected chi connectivity index (χ1v) is 43.4. The number of Topliss-reactive ketones (excluding diaryl/α,β-unsaturated/α-hetero) is 2. The van der Waals surface area contributed by atoms with Crippen LogP contribution in [0.5, 0.6) is 23.3 Å². The number of halogens is 6. The molecule has 4 aliphatic heterocycles. The molecule has 8 aliphatic rings. The smallest absolute Gasteiger partial charge is 0.307 e. The third kappa shape index (κ3) is 19.8.